The molecule has 0 fully saturated rings. The maximum absolute atomic E-state index is 11.7. The zero-order chi connectivity index (χ0) is 13.7. The largest absolute Gasteiger partial charge is 0.306 e. The van der Waals surface area contributed by atoms with Gasteiger partial charge in [0.25, 0.3) is 0 Å². The first kappa shape index (κ1) is 13.1. The van der Waals surface area contributed by atoms with Crippen LogP contribution in [0.3, 0.4) is 0 Å². The molecular formula is C13H17N5O. The molecule has 0 saturated heterocycles. The Bertz CT molecular complexity index is 581. The highest BCUT2D eigenvalue weighted by Crippen LogP contribution is 2.07. The molecule has 100 valence electrons. The SMILES string of the molecule is CCCc1cc(NC(=O)/C=C/c2cnn(C)c2)n[nH]1. The second kappa shape index (κ2) is 5.99. The van der Waals surface area contributed by atoms with Gasteiger partial charge in [-0.1, -0.05) is 13.3 Å². The molecule has 2 N–H and O–H groups in total. The Morgan fingerprint density at radius 2 is 2.42 bits per heavy atom. The lowest BCUT2D eigenvalue weighted by Gasteiger charge is -1.94. The number of aromatic nitrogens is 4. The summed E-state index contributed by atoms with van der Waals surface area (Å²) in [6, 6.07) is 1.85. The van der Waals surface area contributed by atoms with Gasteiger partial charge < -0.3 is 5.32 Å². The van der Waals surface area contributed by atoms with E-state index in [1.807, 2.05) is 19.3 Å². The van der Waals surface area contributed by atoms with Gasteiger partial charge in [-0.3, -0.25) is 14.6 Å². The number of rotatable bonds is 5. The van der Waals surface area contributed by atoms with Crippen LogP contribution in [0.2, 0.25) is 0 Å². The molecule has 0 aliphatic heterocycles. The number of hydrogen-bond donors (Lipinski definition) is 2. The third-order valence-corrected chi connectivity index (χ3v) is 2.55. The van der Waals surface area contributed by atoms with Crippen molar-refractivity contribution in [2.45, 2.75) is 19.8 Å². The molecule has 2 aromatic rings. The van der Waals surface area contributed by atoms with Crippen molar-refractivity contribution in [3.63, 3.8) is 0 Å². The van der Waals surface area contributed by atoms with Gasteiger partial charge in [0.2, 0.25) is 5.91 Å². The fraction of sp³-hybridized carbons (Fsp3) is 0.308. The van der Waals surface area contributed by atoms with Gasteiger partial charge in [-0.05, 0) is 12.5 Å². The van der Waals surface area contributed by atoms with Crippen molar-refractivity contribution in [2.75, 3.05) is 5.32 Å². The molecule has 19 heavy (non-hydrogen) atoms. The highest BCUT2D eigenvalue weighted by atomic mass is 16.1. The molecule has 1 amide bonds. The Kier molecular flexibility index (Phi) is 4.12. The van der Waals surface area contributed by atoms with Crippen LogP contribution in [0.15, 0.2) is 24.5 Å². The van der Waals surface area contributed by atoms with Crippen LogP contribution in [-0.4, -0.2) is 25.9 Å². The summed E-state index contributed by atoms with van der Waals surface area (Å²) in [5.74, 6) is 0.336. The van der Waals surface area contributed by atoms with Crippen LogP contribution in [0.1, 0.15) is 24.6 Å². The molecule has 0 saturated carbocycles. The van der Waals surface area contributed by atoms with E-state index < -0.39 is 0 Å². The monoisotopic (exact) mass is 259 g/mol. The molecule has 0 aliphatic carbocycles. The Morgan fingerprint density at radius 3 is 3.11 bits per heavy atom. The maximum Gasteiger partial charge on any atom is 0.249 e. The molecule has 0 atom stereocenters. The van der Waals surface area contributed by atoms with Crippen LogP contribution in [0.4, 0.5) is 5.82 Å². The van der Waals surface area contributed by atoms with E-state index in [0.717, 1.165) is 24.1 Å². The lowest BCUT2D eigenvalue weighted by molar-refractivity contribution is -0.111. The first-order valence-corrected chi connectivity index (χ1v) is 6.19. The van der Waals surface area contributed by atoms with Crippen LogP contribution in [-0.2, 0) is 18.3 Å². The summed E-state index contributed by atoms with van der Waals surface area (Å²) in [6.07, 6.45) is 8.66. The molecule has 2 heterocycles. The Morgan fingerprint density at radius 1 is 1.58 bits per heavy atom. The standard InChI is InChI=1S/C13H17N5O/c1-3-4-11-7-12(17-16-11)15-13(19)6-5-10-8-14-18(2)9-10/h5-9H,3-4H2,1-2H3,(H2,15,16,17,19)/b6-5+. The zero-order valence-electron chi connectivity index (χ0n) is 11.1. The number of aromatic amines is 1. The summed E-state index contributed by atoms with van der Waals surface area (Å²) in [6.45, 7) is 2.09. The summed E-state index contributed by atoms with van der Waals surface area (Å²) >= 11 is 0. The summed E-state index contributed by atoms with van der Waals surface area (Å²) in [4.78, 5) is 11.7. The minimum Gasteiger partial charge on any atom is -0.306 e. The van der Waals surface area contributed by atoms with Crippen LogP contribution in [0.5, 0.6) is 0 Å². The van der Waals surface area contributed by atoms with E-state index in [2.05, 4.69) is 27.5 Å². The molecule has 0 bridgehead atoms. The van der Waals surface area contributed by atoms with Crippen molar-refractivity contribution in [2.24, 2.45) is 7.05 Å². The van der Waals surface area contributed by atoms with Crippen molar-refractivity contribution in [3.05, 3.63) is 35.8 Å². The minimum atomic E-state index is -0.210. The summed E-state index contributed by atoms with van der Waals surface area (Å²) < 4.78 is 1.68. The van der Waals surface area contributed by atoms with Gasteiger partial charge in [0.15, 0.2) is 5.82 Å². The number of anilines is 1. The number of carbonyl (C=O) groups is 1. The number of H-pyrrole nitrogens is 1. The number of amides is 1. The van der Waals surface area contributed by atoms with E-state index >= 15 is 0 Å². The number of nitrogens with zero attached hydrogens (tertiary/aromatic N) is 3. The lowest BCUT2D eigenvalue weighted by Crippen LogP contribution is -2.07. The van der Waals surface area contributed by atoms with Crippen LogP contribution in [0, 0.1) is 0 Å². The van der Waals surface area contributed by atoms with Gasteiger partial charge in [-0.15, -0.1) is 0 Å². The predicted molar refractivity (Wildman–Crippen MR) is 73.5 cm³/mol. The molecule has 6 nitrogen and oxygen atoms in total. The first-order chi connectivity index (χ1) is 9.17. The third-order valence-electron chi connectivity index (χ3n) is 2.55. The van der Waals surface area contributed by atoms with E-state index in [9.17, 15) is 4.79 Å². The van der Waals surface area contributed by atoms with Crippen LogP contribution >= 0.6 is 0 Å². The Labute approximate surface area is 111 Å². The number of hydrogen-bond acceptors (Lipinski definition) is 3. The highest BCUT2D eigenvalue weighted by molar-refractivity contribution is 6.01. The van der Waals surface area contributed by atoms with Crippen molar-refractivity contribution in [3.8, 4) is 0 Å². The second-order valence-corrected chi connectivity index (χ2v) is 4.30. The fourth-order valence-corrected chi connectivity index (χ4v) is 1.69. The van der Waals surface area contributed by atoms with E-state index in [-0.39, 0.29) is 5.91 Å². The van der Waals surface area contributed by atoms with Gasteiger partial charge >= 0.3 is 0 Å². The fourth-order valence-electron chi connectivity index (χ4n) is 1.69. The number of aryl methyl sites for hydroxylation is 2. The third kappa shape index (κ3) is 3.80. The average Bonchev–Trinajstić information content (AvgIpc) is 2.97. The Balaban J connectivity index is 1.91. The summed E-state index contributed by atoms with van der Waals surface area (Å²) in [5.41, 5.74) is 1.90. The Hall–Kier alpha value is -2.37. The lowest BCUT2D eigenvalue weighted by atomic mass is 10.2. The van der Waals surface area contributed by atoms with Gasteiger partial charge in [-0.2, -0.15) is 10.2 Å². The average molecular weight is 259 g/mol. The topological polar surface area (TPSA) is 75.6 Å². The normalized spacial score (nSPS) is 11.1. The molecular weight excluding hydrogens is 242 g/mol. The number of nitrogens with one attached hydrogen (secondary N) is 2. The first-order valence-electron chi connectivity index (χ1n) is 6.19. The molecule has 0 aliphatic rings. The van der Waals surface area contributed by atoms with Gasteiger partial charge in [-0.25, -0.2) is 0 Å². The molecule has 0 spiro atoms. The molecule has 6 heteroatoms. The number of carbonyl (C=O) groups excluding carboxylic acids is 1. The molecule has 0 radical (unpaired) electrons. The zero-order valence-corrected chi connectivity index (χ0v) is 11.1. The van der Waals surface area contributed by atoms with E-state index in [1.54, 1.807) is 17.0 Å². The molecule has 2 aromatic heterocycles. The molecule has 0 unspecified atom stereocenters. The van der Waals surface area contributed by atoms with E-state index in [1.165, 1.54) is 6.08 Å². The van der Waals surface area contributed by atoms with Gasteiger partial charge in [0, 0.05) is 36.6 Å². The minimum absolute atomic E-state index is 0.210. The molecule has 0 aromatic carbocycles. The van der Waals surface area contributed by atoms with Crippen LogP contribution in [0.25, 0.3) is 6.08 Å². The molecule has 2 rings (SSSR count). The van der Waals surface area contributed by atoms with Gasteiger partial charge in [0.05, 0.1) is 6.20 Å². The van der Waals surface area contributed by atoms with E-state index in [0.29, 0.717) is 5.82 Å². The van der Waals surface area contributed by atoms with E-state index in [4.69, 9.17) is 0 Å². The quantitative estimate of drug-likeness (QED) is 0.803. The van der Waals surface area contributed by atoms with Crippen molar-refractivity contribution >= 4 is 17.8 Å². The summed E-state index contributed by atoms with van der Waals surface area (Å²) in [7, 11) is 1.83. The highest BCUT2D eigenvalue weighted by Gasteiger charge is 2.03. The van der Waals surface area contributed by atoms with Crippen LogP contribution < -0.4 is 5.32 Å². The van der Waals surface area contributed by atoms with Crippen molar-refractivity contribution in [1.82, 2.24) is 20.0 Å². The smallest absolute Gasteiger partial charge is 0.249 e. The maximum atomic E-state index is 11.7. The van der Waals surface area contributed by atoms with Gasteiger partial charge in [0.1, 0.15) is 0 Å². The van der Waals surface area contributed by atoms with Crippen molar-refractivity contribution in [1.29, 1.82) is 0 Å². The summed E-state index contributed by atoms with van der Waals surface area (Å²) in [5, 5.41) is 13.6. The van der Waals surface area contributed by atoms with Crippen molar-refractivity contribution < 1.29 is 4.79 Å². The predicted octanol–water partition coefficient (Wildman–Crippen LogP) is 1.75. The second-order valence-electron chi connectivity index (χ2n) is 4.30.